The minimum absolute atomic E-state index is 0. The maximum absolute atomic E-state index is 11.7. The molecule has 6 heteroatoms. The first-order valence-corrected chi connectivity index (χ1v) is 6.23. The molecule has 0 radical (unpaired) electrons. The van der Waals surface area contributed by atoms with Gasteiger partial charge < -0.3 is 11.1 Å². The van der Waals surface area contributed by atoms with Gasteiger partial charge in [0.1, 0.15) is 10.7 Å². The molecule has 0 bridgehead atoms. The van der Waals surface area contributed by atoms with Gasteiger partial charge in [-0.25, -0.2) is 4.98 Å². The largest absolute Gasteiger partial charge is 0.351 e. The molecular weight excluding hydrogens is 258 g/mol. The van der Waals surface area contributed by atoms with Gasteiger partial charge in [0.05, 0.1) is 0 Å². The zero-order valence-electron chi connectivity index (χ0n) is 10.4. The molecule has 1 heterocycles. The minimum atomic E-state index is -0.111. The Morgan fingerprint density at radius 1 is 1.53 bits per heavy atom. The van der Waals surface area contributed by atoms with Crippen molar-refractivity contribution in [1.29, 1.82) is 0 Å². The molecule has 4 nitrogen and oxygen atoms in total. The van der Waals surface area contributed by atoms with Gasteiger partial charge in [0.2, 0.25) is 0 Å². The standard InChI is InChI=1S/C11H19N3OS.ClH/c1-11(2,3)4-5-13-10(15)8-7-16-9(6-12)14-8;/h7H,4-6,12H2,1-3H3,(H,13,15);1H. The Kier molecular flexibility index (Phi) is 6.67. The molecule has 0 aliphatic heterocycles. The first-order valence-electron chi connectivity index (χ1n) is 5.35. The zero-order chi connectivity index (χ0) is 12.2. The quantitative estimate of drug-likeness (QED) is 0.886. The molecular formula is C11H20ClN3OS. The Labute approximate surface area is 112 Å². The van der Waals surface area contributed by atoms with Crippen molar-refractivity contribution in [3.05, 3.63) is 16.1 Å². The lowest BCUT2D eigenvalue weighted by Gasteiger charge is -2.17. The fraction of sp³-hybridized carbons (Fsp3) is 0.636. The zero-order valence-corrected chi connectivity index (χ0v) is 12.1. The predicted octanol–water partition coefficient (Wildman–Crippen LogP) is 2.19. The van der Waals surface area contributed by atoms with Crippen molar-refractivity contribution in [3.8, 4) is 0 Å². The van der Waals surface area contributed by atoms with Crippen LogP contribution in [-0.2, 0) is 6.54 Å². The third-order valence-electron chi connectivity index (χ3n) is 2.12. The Bertz CT molecular complexity index is 360. The molecule has 0 atom stereocenters. The molecule has 0 unspecified atom stereocenters. The van der Waals surface area contributed by atoms with E-state index in [9.17, 15) is 4.79 Å². The van der Waals surface area contributed by atoms with Crippen LogP contribution in [0.3, 0.4) is 0 Å². The van der Waals surface area contributed by atoms with Crippen molar-refractivity contribution in [2.24, 2.45) is 11.1 Å². The van der Waals surface area contributed by atoms with Gasteiger partial charge >= 0.3 is 0 Å². The van der Waals surface area contributed by atoms with E-state index in [1.807, 2.05) is 0 Å². The van der Waals surface area contributed by atoms with Crippen molar-refractivity contribution < 1.29 is 4.79 Å². The maximum Gasteiger partial charge on any atom is 0.270 e. The lowest BCUT2D eigenvalue weighted by Crippen LogP contribution is -2.27. The molecule has 0 saturated carbocycles. The van der Waals surface area contributed by atoms with Crippen LogP contribution in [0.15, 0.2) is 5.38 Å². The fourth-order valence-corrected chi connectivity index (χ4v) is 1.81. The van der Waals surface area contributed by atoms with E-state index in [0.29, 0.717) is 18.8 Å². The van der Waals surface area contributed by atoms with Crippen LogP contribution in [0.4, 0.5) is 0 Å². The number of nitrogens with one attached hydrogen (secondary N) is 1. The van der Waals surface area contributed by atoms with E-state index in [-0.39, 0.29) is 23.7 Å². The number of nitrogens with zero attached hydrogens (tertiary/aromatic N) is 1. The second kappa shape index (κ2) is 6.93. The van der Waals surface area contributed by atoms with Crippen molar-refractivity contribution in [2.45, 2.75) is 33.7 Å². The normalized spacial score (nSPS) is 10.8. The van der Waals surface area contributed by atoms with Crippen molar-refractivity contribution in [2.75, 3.05) is 6.54 Å². The summed E-state index contributed by atoms with van der Waals surface area (Å²) >= 11 is 1.42. The average molecular weight is 278 g/mol. The first kappa shape index (κ1) is 16.4. The first-order chi connectivity index (χ1) is 7.42. The van der Waals surface area contributed by atoms with Crippen molar-refractivity contribution >= 4 is 29.7 Å². The molecule has 98 valence electrons. The van der Waals surface area contributed by atoms with E-state index in [2.05, 4.69) is 31.1 Å². The van der Waals surface area contributed by atoms with Crippen LogP contribution in [0, 0.1) is 5.41 Å². The molecule has 0 aliphatic carbocycles. The summed E-state index contributed by atoms with van der Waals surface area (Å²) in [6.45, 7) is 7.51. The number of nitrogens with two attached hydrogens (primary N) is 1. The smallest absolute Gasteiger partial charge is 0.270 e. The highest BCUT2D eigenvalue weighted by Crippen LogP contribution is 2.17. The Balaban J connectivity index is 0.00000256. The monoisotopic (exact) mass is 277 g/mol. The van der Waals surface area contributed by atoms with Crippen LogP contribution in [0.5, 0.6) is 0 Å². The third kappa shape index (κ3) is 6.00. The number of thiazole rings is 1. The molecule has 0 saturated heterocycles. The molecule has 1 aromatic heterocycles. The molecule has 1 rings (SSSR count). The van der Waals surface area contributed by atoms with Crippen LogP contribution in [-0.4, -0.2) is 17.4 Å². The van der Waals surface area contributed by atoms with Crippen LogP contribution in [0.25, 0.3) is 0 Å². The maximum atomic E-state index is 11.7. The van der Waals surface area contributed by atoms with Gasteiger partial charge in [-0.05, 0) is 11.8 Å². The number of hydrogen-bond donors (Lipinski definition) is 2. The number of amides is 1. The summed E-state index contributed by atoms with van der Waals surface area (Å²) in [6.07, 6.45) is 0.951. The summed E-state index contributed by atoms with van der Waals surface area (Å²) in [6, 6.07) is 0. The number of aromatic nitrogens is 1. The summed E-state index contributed by atoms with van der Waals surface area (Å²) in [5.74, 6) is -0.111. The third-order valence-corrected chi connectivity index (χ3v) is 2.99. The topological polar surface area (TPSA) is 68.0 Å². The van der Waals surface area contributed by atoms with E-state index in [0.717, 1.165) is 11.4 Å². The summed E-state index contributed by atoms with van der Waals surface area (Å²) < 4.78 is 0. The van der Waals surface area contributed by atoms with Crippen LogP contribution in [0.1, 0.15) is 42.7 Å². The van der Waals surface area contributed by atoms with Crippen molar-refractivity contribution in [3.63, 3.8) is 0 Å². The molecule has 3 N–H and O–H groups in total. The molecule has 0 aliphatic rings. The molecule has 1 aromatic rings. The van der Waals surface area contributed by atoms with Crippen LogP contribution in [0.2, 0.25) is 0 Å². The lowest BCUT2D eigenvalue weighted by atomic mass is 9.92. The SMILES string of the molecule is CC(C)(C)CCNC(=O)c1csc(CN)n1.Cl. The fourth-order valence-electron chi connectivity index (χ4n) is 1.15. The van der Waals surface area contributed by atoms with E-state index in [1.54, 1.807) is 5.38 Å². The van der Waals surface area contributed by atoms with Crippen molar-refractivity contribution in [1.82, 2.24) is 10.3 Å². The second-order valence-corrected chi connectivity index (χ2v) is 5.84. The number of carbonyl (C=O) groups excluding carboxylic acids is 1. The van der Waals surface area contributed by atoms with E-state index >= 15 is 0 Å². The highest BCUT2D eigenvalue weighted by atomic mass is 35.5. The number of rotatable bonds is 4. The Hall–Kier alpha value is -0.650. The summed E-state index contributed by atoms with van der Waals surface area (Å²) in [7, 11) is 0. The van der Waals surface area contributed by atoms with Crippen LogP contribution >= 0.6 is 23.7 Å². The van der Waals surface area contributed by atoms with Gasteiger partial charge in [-0.1, -0.05) is 20.8 Å². The summed E-state index contributed by atoms with van der Waals surface area (Å²) in [4.78, 5) is 15.8. The van der Waals surface area contributed by atoms with Crippen LogP contribution < -0.4 is 11.1 Å². The molecule has 0 spiro atoms. The lowest BCUT2D eigenvalue weighted by molar-refractivity contribution is 0.0945. The number of carbonyl (C=O) groups is 1. The van der Waals surface area contributed by atoms with Gasteiger partial charge in [-0.3, -0.25) is 4.79 Å². The average Bonchev–Trinajstić information content (AvgIpc) is 2.63. The van der Waals surface area contributed by atoms with E-state index in [1.165, 1.54) is 11.3 Å². The number of halogens is 1. The second-order valence-electron chi connectivity index (χ2n) is 4.90. The van der Waals surface area contributed by atoms with Gasteiger partial charge in [0, 0.05) is 18.5 Å². The van der Waals surface area contributed by atoms with Gasteiger partial charge in [0.25, 0.3) is 5.91 Å². The summed E-state index contributed by atoms with van der Waals surface area (Å²) in [5.41, 5.74) is 6.14. The van der Waals surface area contributed by atoms with Gasteiger partial charge in [0.15, 0.2) is 0 Å². The molecule has 0 fully saturated rings. The Morgan fingerprint density at radius 2 is 2.18 bits per heavy atom. The Morgan fingerprint density at radius 3 is 2.65 bits per heavy atom. The highest BCUT2D eigenvalue weighted by molar-refractivity contribution is 7.09. The molecule has 17 heavy (non-hydrogen) atoms. The van der Waals surface area contributed by atoms with Gasteiger partial charge in [-0.2, -0.15) is 0 Å². The van der Waals surface area contributed by atoms with E-state index < -0.39 is 0 Å². The molecule has 1 amide bonds. The van der Waals surface area contributed by atoms with Gasteiger partial charge in [-0.15, -0.1) is 23.7 Å². The minimum Gasteiger partial charge on any atom is -0.351 e. The predicted molar refractivity (Wildman–Crippen MR) is 73.7 cm³/mol. The van der Waals surface area contributed by atoms with E-state index in [4.69, 9.17) is 5.73 Å². The molecule has 0 aromatic carbocycles. The number of hydrogen-bond acceptors (Lipinski definition) is 4. The highest BCUT2D eigenvalue weighted by Gasteiger charge is 2.13. The summed E-state index contributed by atoms with van der Waals surface area (Å²) in [5, 5.41) is 5.39.